The maximum Gasteiger partial charge on any atom is 0.170 e. The van der Waals surface area contributed by atoms with Gasteiger partial charge in [0.25, 0.3) is 0 Å². The van der Waals surface area contributed by atoms with Gasteiger partial charge in [-0.05, 0) is 86.8 Å². The molecule has 0 radical (unpaired) electrons. The average molecular weight is 423 g/mol. The molecule has 138 valence electrons. The van der Waals surface area contributed by atoms with Crippen LogP contribution in [0.1, 0.15) is 13.8 Å². The third-order valence-electron chi connectivity index (χ3n) is 3.13. The largest absolute Gasteiger partial charge is 0.363 e. The Hall–Kier alpha value is -1.48. The van der Waals surface area contributed by atoms with Crippen molar-refractivity contribution in [3.8, 4) is 0 Å². The molecular weight excluding hydrogens is 400 g/mol. The maximum atomic E-state index is 5.19. The summed E-state index contributed by atoms with van der Waals surface area (Å²) in [6.07, 6.45) is 0. The van der Waals surface area contributed by atoms with Gasteiger partial charge in [-0.25, -0.2) is 0 Å². The summed E-state index contributed by atoms with van der Waals surface area (Å²) in [4.78, 5) is 2.37. The van der Waals surface area contributed by atoms with Gasteiger partial charge < -0.3 is 21.3 Å². The first-order valence-electron chi connectivity index (χ1n) is 8.25. The van der Waals surface area contributed by atoms with Crippen molar-refractivity contribution in [2.24, 2.45) is 0 Å². The lowest BCUT2D eigenvalue weighted by Crippen LogP contribution is -2.27. The van der Waals surface area contributed by atoms with Gasteiger partial charge in [0.2, 0.25) is 0 Å². The molecular formula is C18H22N4S4. The summed E-state index contributed by atoms with van der Waals surface area (Å²) in [5.74, 6) is 0. The van der Waals surface area contributed by atoms with Crippen molar-refractivity contribution in [2.75, 3.05) is 23.7 Å². The van der Waals surface area contributed by atoms with Crippen LogP contribution in [-0.2, 0) is 0 Å². The van der Waals surface area contributed by atoms with Crippen LogP contribution in [0.2, 0.25) is 0 Å². The molecule has 2 aromatic rings. The van der Waals surface area contributed by atoms with Crippen LogP contribution in [0.5, 0.6) is 0 Å². The van der Waals surface area contributed by atoms with Crippen LogP contribution in [-0.4, -0.2) is 23.3 Å². The zero-order valence-electron chi connectivity index (χ0n) is 14.7. The van der Waals surface area contributed by atoms with Gasteiger partial charge in [0, 0.05) is 34.3 Å². The molecule has 0 bridgehead atoms. The lowest BCUT2D eigenvalue weighted by atomic mass is 10.3. The molecule has 0 saturated carbocycles. The van der Waals surface area contributed by atoms with Crippen molar-refractivity contribution in [1.29, 1.82) is 0 Å². The van der Waals surface area contributed by atoms with Crippen LogP contribution < -0.4 is 21.3 Å². The topological polar surface area (TPSA) is 48.1 Å². The van der Waals surface area contributed by atoms with Crippen molar-refractivity contribution >= 4 is 67.6 Å². The zero-order valence-corrected chi connectivity index (χ0v) is 17.9. The fraction of sp³-hybridized carbons (Fsp3) is 0.222. The normalized spacial score (nSPS) is 10.1. The van der Waals surface area contributed by atoms with Crippen LogP contribution in [0.3, 0.4) is 0 Å². The van der Waals surface area contributed by atoms with E-state index in [1.807, 2.05) is 38.1 Å². The molecule has 0 unspecified atom stereocenters. The summed E-state index contributed by atoms with van der Waals surface area (Å²) >= 11 is 10.4. The maximum absolute atomic E-state index is 5.19. The summed E-state index contributed by atoms with van der Waals surface area (Å²) in [6.45, 7) is 5.66. The number of benzene rings is 2. The average Bonchev–Trinajstić information content (AvgIpc) is 2.63. The van der Waals surface area contributed by atoms with Gasteiger partial charge in [0.15, 0.2) is 10.2 Å². The van der Waals surface area contributed by atoms with Crippen LogP contribution in [0, 0.1) is 0 Å². The van der Waals surface area contributed by atoms with E-state index in [1.54, 1.807) is 21.6 Å². The van der Waals surface area contributed by atoms with E-state index < -0.39 is 0 Å². The molecule has 0 aliphatic rings. The molecule has 0 fully saturated rings. The molecule has 2 rings (SSSR count). The van der Waals surface area contributed by atoms with E-state index in [2.05, 4.69) is 45.5 Å². The molecule has 4 nitrogen and oxygen atoms in total. The van der Waals surface area contributed by atoms with E-state index in [1.165, 1.54) is 9.79 Å². The smallest absolute Gasteiger partial charge is 0.170 e. The third kappa shape index (κ3) is 7.41. The Morgan fingerprint density at radius 1 is 0.692 bits per heavy atom. The Morgan fingerprint density at radius 3 is 1.35 bits per heavy atom. The minimum atomic E-state index is 0.643. The molecule has 0 saturated heterocycles. The van der Waals surface area contributed by atoms with Crippen molar-refractivity contribution in [3.05, 3.63) is 48.5 Å². The van der Waals surface area contributed by atoms with Gasteiger partial charge >= 0.3 is 0 Å². The van der Waals surface area contributed by atoms with Crippen molar-refractivity contribution < 1.29 is 0 Å². The van der Waals surface area contributed by atoms with Gasteiger partial charge in [-0.2, -0.15) is 0 Å². The summed E-state index contributed by atoms with van der Waals surface area (Å²) in [5, 5.41) is 13.7. The minimum Gasteiger partial charge on any atom is -0.363 e. The van der Waals surface area contributed by atoms with Crippen molar-refractivity contribution in [2.45, 2.75) is 23.6 Å². The van der Waals surface area contributed by atoms with Crippen molar-refractivity contribution in [3.63, 3.8) is 0 Å². The molecule has 0 heterocycles. The van der Waals surface area contributed by atoms with Gasteiger partial charge in [-0.3, -0.25) is 0 Å². The standard InChI is InChI=1S/C18H22N4S4/c1-3-19-17(23)21-13-5-9-15(10-6-13)25-26-16-11-7-14(8-12-16)22-18(24)20-4-2/h5-12H,3-4H2,1-2H3,(H2,19,21,23)(H2,20,22,24). The Labute approximate surface area is 173 Å². The van der Waals surface area contributed by atoms with Crippen LogP contribution >= 0.6 is 46.0 Å². The highest BCUT2D eigenvalue weighted by atomic mass is 33.1. The SMILES string of the molecule is CCNC(=S)Nc1ccc(SSc2ccc(NC(=S)NCC)cc2)cc1. The van der Waals surface area contributed by atoms with E-state index in [0.717, 1.165) is 24.5 Å². The highest BCUT2D eigenvalue weighted by molar-refractivity contribution is 8.76. The van der Waals surface area contributed by atoms with Gasteiger partial charge in [0.05, 0.1) is 0 Å². The zero-order chi connectivity index (χ0) is 18.8. The number of hydrogen-bond acceptors (Lipinski definition) is 4. The molecule has 0 amide bonds. The Bertz CT molecular complexity index is 653. The second-order valence-electron chi connectivity index (χ2n) is 5.18. The Kier molecular flexibility index (Phi) is 9.04. The molecule has 2 aromatic carbocycles. The molecule has 8 heteroatoms. The molecule has 4 N–H and O–H groups in total. The van der Waals surface area contributed by atoms with Gasteiger partial charge in [-0.15, -0.1) is 0 Å². The monoisotopic (exact) mass is 422 g/mol. The predicted octanol–water partition coefficient (Wildman–Crippen LogP) is 5.10. The number of rotatable bonds is 7. The molecule has 0 atom stereocenters. The summed E-state index contributed by atoms with van der Waals surface area (Å²) in [5.41, 5.74) is 1.97. The molecule has 0 aliphatic heterocycles. The molecule has 0 aromatic heterocycles. The van der Waals surface area contributed by atoms with Crippen molar-refractivity contribution in [1.82, 2.24) is 10.6 Å². The fourth-order valence-corrected chi connectivity index (χ4v) is 4.41. The summed E-state index contributed by atoms with van der Waals surface area (Å²) < 4.78 is 0. The highest BCUT2D eigenvalue weighted by Gasteiger charge is 2.01. The Balaban J connectivity index is 1.82. The van der Waals surface area contributed by atoms with Gasteiger partial charge in [-0.1, -0.05) is 21.6 Å². The molecule has 0 aliphatic carbocycles. The number of thiocarbonyl (C=S) groups is 2. The fourth-order valence-electron chi connectivity index (χ4n) is 1.96. The van der Waals surface area contributed by atoms with Crippen LogP contribution in [0.15, 0.2) is 58.3 Å². The first-order valence-corrected chi connectivity index (χ1v) is 11.2. The lowest BCUT2D eigenvalue weighted by Gasteiger charge is -2.10. The number of hydrogen-bond donors (Lipinski definition) is 4. The molecule has 0 spiro atoms. The highest BCUT2D eigenvalue weighted by Crippen LogP contribution is 2.37. The second-order valence-corrected chi connectivity index (χ2v) is 8.28. The number of anilines is 2. The van der Waals surface area contributed by atoms with E-state index >= 15 is 0 Å². The first kappa shape index (κ1) is 20.8. The molecule has 26 heavy (non-hydrogen) atoms. The summed E-state index contributed by atoms with van der Waals surface area (Å²) in [6, 6.07) is 16.4. The minimum absolute atomic E-state index is 0.643. The Morgan fingerprint density at radius 2 is 1.04 bits per heavy atom. The van der Waals surface area contributed by atoms with E-state index in [0.29, 0.717) is 10.2 Å². The van der Waals surface area contributed by atoms with E-state index in [-0.39, 0.29) is 0 Å². The van der Waals surface area contributed by atoms with Gasteiger partial charge in [0.1, 0.15) is 0 Å². The first-order chi connectivity index (χ1) is 12.6. The van der Waals surface area contributed by atoms with E-state index in [9.17, 15) is 0 Å². The van der Waals surface area contributed by atoms with Crippen LogP contribution in [0.25, 0.3) is 0 Å². The predicted molar refractivity (Wildman–Crippen MR) is 124 cm³/mol. The lowest BCUT2D eigenvalue weighted by molar-refractivity contribution is 0.979. The van der Waals surface area contributed by atoms with Crippen LogP contribution in [0.4, 0.5) is 11.4 Å². The summed E-state index contributed by atoms with van der Waals surface area (Å²) in [7, 11) is 3.44. The van der Waals surface area contributed by atoms with E-state index in [4.69, 9.17) is 24.4 Å². The second kappa shape index (κ2) is 11.3. The third-order valence-corrected chi connectivity index (χ3v) is 6.04. The number of nitrogens with one attached hydrogen (secondary N) is 4. The quantitative estimate of drug-likeness (QED) is 0.363.